The quantitative estimate of drug-likeness (QED) is 0.486. The van der Waals surface area contributed by atoms with Crippen molar-refractivity contribution in [1.29, 1.82) is 0 Å². The highest BCUT2D eigenvalue weighted by molar-refractivity contribution is 6.43. The maximum absolute atomic E-state index is 13.2. The lowest BCUT2D eigenvalue weighted by Crippen LogP contribution is -2.43. The van der Waals surface area contributed by atoms with Gasteiger partial charge < -0.3 is 4.90 Å². The molecule has 3 aromatic rings. The number of halogens is 2. The lowest BCUT2D eigenvalue weighted by atomic mass is 10.1. The van der Waals surface area contributed by atoms with Crippen molar-refractivity contribution in [3.05, 3.63) is 99.3 Å². The van der Waals surface area contributed by atoms with Crippen LogP contribution in [0.4, 0.5) is 0 Å². The monoisotopic (exact) mass is 467 g/mol. The average molecular weight is 468 g/mol. The lowest BCUT2D eigenvalue weighted by molar-refractivity contribution is -0.132. The minimum atomic E-state index is -0.552. The summed E-state index contributed by atoms with van der Waals surface area (Å²) in [7, 11) is 0. The van der Waals surface area contributed by atoms with E-state index in [0.717, 1.165) is 16.0 Å². The van der Waals surface area contributed by atoms with Gasteiger partial charge in [-0.05, 0) is 41.8 Å². The van der Waals surface area contributed by atoms with Crippen molar-refractivity contribution in [1.82, 2.24) is 14.8 Å². The third kappa shape index (κ3) is 4.66. The molecule has 0 aliphatic carbocycles. The summed E-state index contributed by atoms with van der Waals surface area (Å²) in [5.74, 6) is -1.43. The summed E-state index contributed by atoms with van der Waals surface area (Å²) >= 11 is 12.0. The van der Waals surface area contributed by atoms with E-state index in [4.69, 9.17) is 23.2 Å². The van der Waals surface area contributed by atoms with Gasteiger partial charge in [0.1, 0.15) is 6.54 Å². The Morgan fingerprint density at radius 3 is 2.06 bits per heavy atom. The summed E-state index contributed by atoms with van der Waals surface area (Å²) in [6.45, 7) is 0.419. The summed E-state index contributed by atoms with van der Waals surface area (Å²) in [5.41, 5.74) is 2.30. The number of nitrogens with zero attached hydrogens (tertiary/aromatic N) is 3. The maximum atomic E-state index is 13.2. The van der Waals surface area contributed by atoms with Gasteiger partial charge in [0.15, 0.2) is 0 Å². The fourth-order valence-electron chi connectivity index (χ4n) is 3.57. The van der Waals surface area contributed by atoms with E-state index in [0.29, 0.717) is 19.5 Å². The van der Waals surface area contributed by atoms with Crippen LogP contribution in [0.15, 0.2) is 67.0 Å². The van der Waals surface area contributed by atoms with Crippen molar-refractivity contribution in [2.24, 2.45) is 0 Å². The Kier molecular flexibility index (Phi) is 6.53. The van der Waals surface area contributed by atoms with Crippen molar-refractivity contribution < 1.29 is 14.4 Å². The molecule has 1 aromatic heterocycles. The predicted molar refractivity (Wildman–Crippen MR) is 122 cm³/mol. The van der Waals surface area contributed by atoms with E-state index in [2.05, 4.69) is 4.98 Å². The van der Waals surface area contributed by atoms with Crippen LogP contribution in [0, 0.1) is 0 Å². The van der Waals surface area contributed by atoms with E-state index in [1.807, 2.05) is 42.5 Å². The Bertz CT molecular complexity index is 1130. The Morgan fingerprint density at radius 1 is 0.875 bits per heavy atom. The molecule has 0 N–H and O–H groups in total. The molecule has 0 fully saturated rings. The van der Waals surface area contributed by atoms with Crippen molar-refractivity contribution in [2.75, 3.05) is 13.1 Å². The van der Waals surface area contributed by atoms with E-state index in [-0.39, 0.29) is 33.6 Å². The van der Waals surface area contributed by atoms with E-state index < -0.39 is 11.8 Å². The van der Waals surface area contributed by atoms with Gasteiger partial charge in [-0.1, -0.05) is 53.5 Å². The summed E-state index contributed by atoms with van der Waals surface area (Å²) < 4.78 is 0. The molecule has 1 aliphatic rings. The van der Waals surface area contributed by atoms with Crippen LogP contribution in [0.5, 0.6) is 0 Å². The number of carbonyl (C=O) groups excluding carboxylic acids is 3. The van der Waals surface area contributed by atoms with Gasteiger partial charge in [-0.2, -0.15) is 0 Å². The zero-order valence-electron chi connectivity index (χ0n) is 17.0. The van der Waals surface area contributed by atoms with Gasteiger partial charge in [-0.15, -0.1) is 0 Å². The molecule has 0 bridgehead atoms. The molecular weight excluding hydrogens is 449 g/mol. The summed E-state index contributed by atoms with van der Waals surface area (Å²) in [6, 6.07) is 16.2. The fraction of sp³-hybridized carbons (Fsp3) is 0.167. The third-order valence-corrected chi connectivity index (χ3v) is 6.02. The lowest BCUT2D eigenvalue weighted by Gasteiger charge is -2.25. The molecule has 0 atom stereocenters. The van der Waals surface area contributed by atoms with Crippen molar-refractivity contribution in [2.45, 2.75) is 13.0 Å². The molecule has 0 saturated heterocycles. The first-order valence-corrected chi connectivity index (χ1v) is 10.8. The number of pyridine rings is 1. The molecule has 32 heavy (non-hydrogen) atoms. The minimum absolute atomic E-state index is 0.155. The van der Waals surface area contributed by atoms with Crippen LogP contribution in [0.3, 0.4) is 0 Å². The smallest absolute Gasteiger partial charge is 0.262 e. The van der Waals surface area contributed by atoms with Crippen LogP contribution >= 0.6 is 23.2 Å². The van der Waals surface area contributed by atoms with Gasteiger partial charge in [0.05, 0.1) is 21.2 Å². The second-order valence-corrected chi connectivity index (χ2v) is 8.23. The van der Waals surface area contributed by atoms with Gasteiger partial charge >= 0.3 is 0 Å². The highest BCUT2D eigenvalue weighted by Gasteiger charge is 2.38. The summed E-state index contributed by atoms with van der Waals surface area (Å²) in [6.07, 6.45) is 3.96. The minimum Gasteiger partial charge on any atom is -0.336 e. The number of benzene rings is 2. The normalized spacial score (nSPS) is 12.8. The number of hydrogen-bond acceptors (Lipinski definition) is 4. The van der Waals surface area contributed by atoms with Gasteiger partial charge in [-0.25, -0.2) is 0 Å². The Labute approximate surface area is 195 Å². The third-order valence-electron chi connectivity index (χ3n) is 5.29. The molecule has 0 radical (unpaired) electrons. The largest absolute Gasteiger partial charge is 0.336 e. The number of hydrogen-bond donors (Lipinski definition) is 0. The van der Waals surface area contributed by atoms with Crippen molar-refractivity contribution in [3.8, 4) is 0 Å². The number of amides is 3. The summed E-state index contributed by atoms with van der Waals surface area (Å²) in [5, 5.41) is 0.365. The molecule has 0 unspecified atom stereocenters. The SMILES string of the molecule is O=C(CN1C(=O)c2cc(Cl)c(Cl)cc2C1=O)N(CCc1ccccc1)Cc1ccncc1. The topological polar surface area (TPSA) is 70.6 Å². The van der Waals surface area contributed by atoms with E-state index >= 15 is 0 Å². The Hall–Kier alpha value is -3.22. The second kappa shape index (κ2) is 9.51. The molecule has 2 heterocycles. The van der Waals surface area contributed by atoms with Crippen LogP contribution in [0.25, 0.3) is 0 Å². The first-order valence-electron chi connectivity index (χ1n) is 10.00. The molecule has 3 amide bonds. The molecule has 4 rings (SSSR count). The Balaban J connectivity index is 1.52. The van der Waals surface area contributed by atoms with E-state index in [9.17, 15) is 14.4 Å². The fourth-order valence-corrected chi connectivity index (χ4v) is 3.90. The number of carbonyl (C=O) groups is 3. The predicted octanol–water partition coefficient (Wildman–Crippen LogP) is 4.26. The van der Waals surface area contributed by atoms with Gasteiger partial charge in [0.2, 0.25) is 5.91 Å². The highest BCUT2D eigenvalue weighted by atomic mass is 35.5. The van der Waals surface area contributed by atoms with Crippen LogP contribution < -0.4 is 0 Å². The number of rotatable bonds is 7. The molecule has 162 valence electrons. The zero-order valence-corrected chi connectivity index (χ0v) is 18.5. The van der Waals surface area contributed by atoms with Crippen molar-refractivity contribution in [3.63, 3.8) is 0 Å². The van der Waals surface area contributed by atoms with Crippen molar-refractivity contribution >= 4 is 40.9 Å². The molecule has 0 spiro atoms. The zero-order chi connectivity index (χ0) is 22.7. The summed E-state index contributed by atoms with van der Waals surface area (Å²) in [4.78, 5) is 45.4. The van der Waals surface area contributed by atoms with Gasteiger partial charge in [0.25, 0.3) is 11.8 Å². The molecule has 2 aromatic carbocycles. The van der Waals surface area contributed by atoms with E-state index in [1.54, 1.807) is 17.3 Å². The van der Waals surface area contributed by atoms with Gasteiger partial charge in [-0.3, -0.25) is 24.3 Å². The van der Waals surface area contributed by atoms with Crippen LogP contribution in [0.1, 0.15) is 31.8 Å². The highest BCUT2D eigenvalue weighted by Crippen LogP contribution is 2.31. The number of imide groups is 1. The standard InChI is InChI=1S/C24H19Cl2N3O3/c25-20-12-18-19(13-21(20)26)24(32)29(23(18)31)15-22(30)28(14-17-6-9-27-10-7-17)11-8-16-4-2-1-3-5-16/h1-7,9-10,12-13H,8,11,14-15H2. The first kappa shape index (κ1) is 22.0. The number of aromatic nitrogens is 1. The molecule has 8 heteroatoms. The molecular formula is C24H19Cl2N3O3. The maximum Gasteiger partial charge on any atom is 0.262 e. The van der Waals surface area contributed by atoms with Gasteiger partial charge in [0, 0.05) is 25.5 Å². The number of fused-ring (bicyclic) bond motifs is 1. The molecule has 6 nitrogen and oxygen atoms in total. The second-order valence-electron chi connectivity index (χ2n) is 7.41. The molecule has 1 aliphatic heterocycles. The van der Waals surface area contributed by atoms with Crippen LogP contribution in [-0.2, 0) is 17.8 Å². The van der Waals surface area contributed by atoms with E-state index in [1.165, 1.54) is 12.1 Å². The average Bonchev–Trinajstić information content (AvgIpc) is 3.02. The Morgan fingerprint density at radius 2 is 1.47 bits per heavy atom. The first-order chi connectivity index (χ1) is 15.4. The van der Waals surface area contributed by atoms with Crippen LogP contribution in [-0.4, -0.2) is 45.6 Å². The molecule has 0 saturated carbocycles. The van der Waals surface area contributed by atoms with Crippen LogP contribution in [0.2, 0.25) is 10.0 Å².